The summed E-state index contributed by atoms with van der Waals surface area (Å²) in [5.74, 6) is 0.0487. The van der Waals surface area contributed by atoms with Gasteiger partial charge in [-0.1, -0.05) is 26.0 Å². The fraction of sp³-hybridized carbons (Fsp3) is 0.417. The maximum absolute atomic E-state index is 12.8. The number of carbonyl (C=O) groups is 4. The van der Waals surface area contributed by atoms with E-state index in [0.29, 0.717) is 25.1 Å². The molecule has 1 aromatic heterocycles. The van der Waals surface area contributed by atoms with Crippen molar-refractivity contribution in [3.63, 3.8) is 0 Å². The van der Waals surface area contributed by atoms with E-state index in [9.17, 15) is 19.2 Å². The minimum absolute atomic E-state index is 0.108. The monoisotopic (exact) mass is 469 g/mol. The zero-order valence-corrected chi connectivity index (χ0v) is 19.7. The molecule has 4 amide bonds. The third kappa shape index (κ3) is 4.64. The number of hydrogen-bond acceptors (Lipinski definition) is 6. The van der Waals surface area contributed by atoms with Crippen LogP contribution in [0.4, 0.5) is 0 Å². The summed E-state index contributed by atoms with van der Waals surface area (Å²) in [4.78, 5) is 51.5. The van der Waals surface area contributed by atoms with Crippen molar-refractivity contribution in [2.24, 2.45) is 0 Å². The number of amides is 4. The number of methoxy groups -OCH3 is 1. The zero-order chi connectivity index (χ0) is 23.7. The van der Waals surface area contributed by atoms with E-state index in [4.69, 9.17) is 4.74 Å². The molecule has 1 fully saturated rings. The number of ether oxygens (including phenoxy) is 1. The largest absolute Gasteiger partial charge is 0.496 e. The molecule has 1 atom stereocenters. The number of nitrogens with zero attached hydrogens (tertiary/aromatic N) is 1. The van der Waals surface area contributed by atoms with E-state index in [2.05, 4.69) is 24.5 Å². The van der Waals surface area contributed by atoms with Crippen molar-refractivity contribution in [2.45, 2.75) is 58.2 Å². The highest BCUT2D eigenvalue weighted by atomic mass is 32.1. The van der Waals surface area contributed by atoms with E-state index >= 15 is 0 Å². The van der Waals surface area contributed by atoms with Gasteiger partial charge in [-0.05, 0) is 35.1 Å². The van der Waals surface area contributed by atoms with Gasteiger partial charge in [-0.15, -0.1) is 11.3 Å². The Hall–Kier alpha value is -3.20. The van der Waals surface area contributed by atoms with E-state index in [-0.39, 0.29) is 36.5 Å². The Bertz CT molecular complexity index is 1120. The molecule has 0 radical (unpaired) electrons. The van der Waals surface area contributed by atoms with Crippen LogP contribution in [-0.2, 0) is 33.9 Å². The van der Waals surface area contributed by atoms with Gasteiger partial charge in [0.25, 0.3) is 5.91 Å². The maximum Gasteiger partial charge on any atom is 0.256 e. The topological polar surface area (TPSA) is 105 Å². The summed E-state index contributed by atoms with van der Waals surface area (Å²) in [6.07, 6.45) is 0.800. The number of rotatable bonds is 7. The second kappa shape index (κ2) is 9.35. The molecule has 8 nitrogen and oxygen atoms in total. The first kappa shape index (κ1) is 23.0. The van der Waals surface area contributed by atoms with Crippen LogP contribution in [0.3, 0.4) is 0 Å². The summed E-state index contributed by atoms with van der Waals surface area (Å²) >= 11 is 1.43. The van der Waals surface area contributed by atoms with Crippen molar-refractivity contribution >= 4 is 35.0 Å². The predicted octanol–water partition coefficient (Wildman–Crippen LogP) is 2.50. The highest BCUT2D eigenvalue weighted by molar-refractivity contribution is 7.10. The Balaban J connectivity index is 1.39. The van der Waals surface area contributed by atoms with Crippen LogP contribution in [0.15, 0.2) is 23.6 Å². The Morgan fingerprint density at radius 1 is 1.30 bits per heavy atom. The van der Waals surface area contributed by atoms with Crippen LogP contribution in [0, 0.1) is 0 Å². The summed E-state index contributed by atoms with van der Waals surface area (Å²) in [5, 5.41) is 7.04. The van der Waals surface area contributed by atoms with E-state index in [0.717, 1.165) is 27.3 Å². The standard InChI is InChI=1S/C24H27N3O5S/c1-13(2)15-8-14(4-6-19(15)32-3)9-22(29)25-10-20-16-11-27(24(31)17(16)12-33-20)18-5-7-21(28)26-23(18)30/h4,6,8,12-13,18H,5,7,9-11H2,1-3H3,(H,25,29)(H,26,28,30). The molecule has 0 bridgehead atoms. The average molecular weight is 470 g/mol. The third-order valence-corrected chi connectivity index (χ3v) is 7.14. The quantitative estimate of drug-likeness (QED) is 0.607. The number of fused-ring (bicyclic) bond motifs is 1. The molecule has 4 rings (SSSR count). The van der Waals surface area contributed by atoms with Gasteiger partial charge in [0.2, 0.25) is 17.7 Å². The lowest BCUT2D eigenvalue weighted by Crippen LogP contribution is -2.52. The number of piperidine rings is 1. The fourth-order valence-corrected chi connectivity index (χ4v) is 5.30. The summed E-state index contributed by atoms with van der Waals surface area (Å²) in [6.45, 7) is 4.80. The van der Waals surface area contributed by atoms with Gasteiger partial charge in [0, 0.05) is 23.2 Å². The highest BCUT2D eigenvalue weighted by Gasteiger charge is 2.40. The highest BCUT2D eigenvalue weighted by Crippen LogP contribution is 2.34. The van der Waals surface area contributed by atoms with Gasteiger partial charge in [0.1, 0.15) is 11.8 Å². The first-order valence-electron chi connectivity index (χ1n) is 11.0. The molecule has 1 aromatic carbocycles. The summed E-state index contributed by atoms with van der Waals surface area (Å²) in [7, 11) is 1.64. The van der Waals surface area contributed by atoms with Crippen LogP contribution < -0.4 is 15.4 Å². The molecule has 1 saturated heterocycles. The van der Waals surface area contributed by atoms with E-state index < -0.39 is 11.9 Å². The third-order valence-electron chi connectivity index (χ3n) is 6.11. The first-order chi connectivity index (χ1) is 15.8. The number of carbonyl (C=O) groups excluding carboxylic acids is 4. The normalized spacial score (nSPS) is 17.9. The molecule has 174 valence electrons. The average Bonchev–Trinajstić information content (AvgIpc) is 3.32. The van der Waals surface area contributed by atoms with Crippen molar-refractivity contribution in [1.29, 1.82) is 0 Å². The SMILES string of the molecule is COc1ccc(CC(=O)NCc2scc3c2CN(C2CCC(=O)NC2=O)C3=O)cc1C(C)C. The molecule has 0 aliphatic carbocycles. The molecule has 9 heteroatoms. The van der Waals surface area contributed by atoms with Gasteiger partial charge in [0.15, 0.2) is 0 Å². The van der Waals surface area contributed by atoms with E-state index in [1.807, 2.05) is 18.2 Å². The summed E-state index contributed by atoms with van der Waals surface area (Å²) in [5.41, 5.74) is 3.39. The van der Waals surface area contributed by atoms with Crippen LogP contribution in [0.1, 0.15) is 64.5 Å². The minimum Gasteiger partial charge on any atom is -0.496 e. The Morgan fingerprint density at radius 3 is 2.79 bits per heavy atom. The van der Waals surface area contributed by atoms with Gasteiger partial charge in [-0.2, -0.15) is 0 Å². The van der Waals surface area contributed by atoms with Crippen molar-refractivity contribution in [3.8, 4) is 5.75 Å². The smallest absolute Gasteiger partial charge is 0.256 e. The lowest BCUT2D eigenvalue weighted by Gasteiger charge is -2.29. The van der Waals surface area contributed by atoms with Crippen LogP contribution in [0.2, 0.25) is 0 Å². The van der Waals surface area contributed by atoms with Gasteiger partial charge in [-0.25, -0.2) is 0 Å². The molecule has 2 N–H and O–H groups in total. The lowest BCUT2D eigenvalue weighted by molar-refractivity contribution is -0.137. The van der Waals surface area contributed by atoms with Gasteiger partial charge >= 0.3 is 0 Å². The molecule has 0 saturated carbocycles. The molecule has 1 unspecified atom stereocenters. The number of thiophene rings is 1. The van der Waals surface area contributed by atoms with Crippen molar-refractivity contribution in [3.05, 3.63) is 50.7 Å². The lowest BCUT2D eigenvalue weighted by atomic mass is 9.98. The van der Waals surface area contributed by atoms with Crippen molar-refractivity contribution in [1.82, 2.24) is 15.5 Å². The van der Waals surface area contributed by atoms with Crippen LogP contribution in [-0.4, -0.2) is 41.7 Å². The van der Waals surface area contributed by atoms with E-state index in [1.54, 1.807) is 12.5 Å². The molecule has 3 heterocycles. The molecule has 2 aliphatic heterocycles. The molecular weight excluding hydrogens is 442 g/mol. The van der Waals surface area contributed by atoms with Crippen LogP contribution in [0.25, 0.3) is 0 Å². The van der Waals surface area contributed by atoms with Crippen molar-refractivity contribution in [2.75, 3.05) is 7.11 Å². The number of hydrogen-bond donors (Lipinski definition) is 2. The molecule has 2 aliphatic rings. The Morgan fingerprint density at radius 2 is 2.09 bits per heavy atom. The first-order valence-corrected chi connectivity index (χ1v) is 11.8. The fourth-order valence-electron chi connectivity index (χ4n) is 4.32. The summed E-state index contributed by atoms with van der Waals surface area (Å²) < 4.78 is 5.41. The molecule has 0 spiro atoms. The summed E-state index contributed by atoms with van der Waals surface area (Å²) in [6, 6.07) is 5.14. The second-order valence-corrected chi connectivity index (χ2v) is 9.60. The van der Waals surface area contributed by atoms with Crippen LogP contribution >= 0.6 is 11.3 Å². The molecule has 33 heavy (non-hydrogen) atoms. The van der Waals surface area contributed by atoms with E-state index in [1.165, 1.54) is 16.2 Å². The van der Waals surface area contributed by atoms with Crippen LogP contribution in [0.5, 0.6) is 5.75 Å². The van der Waals surface area contributed by atoms with Gasteiger partial charge in [0.05, 0.1) is 25.6 Å². The number of imide groups is 1. The van der Waals surface area contributed by atoms with Gasteiger partial charge in [-0.3, -0.25) is 24.5 Å². The minimum atomic E-state index is -0.639. The van der Waals surface area contributed by atoms with Gasteiger partial charge < -0.3 is 15.0 Å². The zero-order valence-electron chi connectivity index (χ0n) is 18.9. The van der Waals surface area contributed by atoms with Crippen molar-refractivity contribution < 1.29 is 23.9 Å². The Labute approximate surface area is 196 Å². The maximum atomic E-state index is 12.8. The predicted molar refractivity (Wildman–Crippen MR) is 123 cm³/mol. The second-order valence-electron chi connectivity index (χ2n) is 8.64. The molecule has 2 aromatic rings. The Kier molecular flexibility index (Phi) is 6.51. The molecular formula is C24H27N3O5S. The number of benzene rings is 1. The number of nitrogens with one attached hydrogen (secondary N) is 2.